The fourth-order valence-electron chi connectivity index (χ4n) is 2.11. The smallest absolute Gasteiger partial charge is 0.306 e. The van der Waals surface area contributed by atoms with Gasteiger partial charge in [-0.15, -0.1) is 0 Å². The molecule has 16 heavy (non-hydrogen) atoms. The van der Waals surface area contributed by atoms with E-state index in [4.69, 9.17) is 4.74 Å². The van der Waals surface area contributed by atoms with E-state index in [-0.39, 0.29) is 11.6 Å². The van der Waals surface area contributed by atoms with Gasteiger partial charge in [0, 0.05) is 6.42 Å². The van der Waals surface area contributed by atoms with Gasteiger partial charge in [0.25, 0.3) is 0 Å². The zero-order chi connectivity index (χ0) is 12.9. The average molecular weight is 228 g/mol. The molecule has 2 nitrogen and oxygen atoms in total. The molecule has 0 aromatic rings. The highest BCUT2D eigenvalue weighted by Crippen LogP contribution is 2.25. The van der Waals surface area contributed by atoms with Crippen molar-refractivity contribution < 1.29 is 9.53 Å². The second kappa shape index (κ2) is 6.27. The fraction of sp³-hybridized carbons (Fsp3) is 0.929. The van der Waals surface area contributed by atoms with Gasteiger partial charge >= 0.3 is 5.97 Å². The van der Waals surface area contributed by atoms with Gasteiger partial charge in [0.15, 0.2) is 0 Å². The molecule has 0 aromatic carbocycles. The molecule has 0 unspecified atom stereocenters. The number of ether oxygens (including phenoxy) is 1. The topological polar surface area (TPSA) is 26.3 Å². The lowest BCUT2D eigenvalue weighted by molar-refractivity contribution is -0.155. The molecule has 0 saturated heterocycles. The predicted octanol–water partition coefficient (Wildman–Crippen LogP) is 4.04. The Morgan fingerprint density at radius 2 is 1.50 bits per heavy atom. The number of rotatable bonds is 5. The van der Waals surface area contributed by atoms with E-state index in [1.807, 2.05) is 20.8 Å². The predicted molar refractivity (Wildman–Crippen MR) is 68.2 cm³/mol. The number of hydrogen-bond acceptors (Lipinski definition) is 2. The molecular formula is C14H28O2. The molecule has 2 heteroatoms. The normalized spacial score (nSPS) is 12.6. The molecular weight excluding hydrogens is 200 g/mol. The van der Waals surface area contributed by atoms with E-state index < -0.39 is 0 Å². The minimum Gasteiger partial charge on any atom is -0.460 e. The second-order valence-corrected chi connectivity index (χ2v) is 6.28. The Morgan fingerprint density at radius 3 is 1.81 bits per heavy atom. The third kappa shape index (κ3) is 6.86. The van der Waals surface area contributed by atoms with Crippen molar-refractivity contribution >= 4 is 5.97 Å². The molecule has 0 aliphatic rings. The summed E-state index contributed by atoms with van der Waals surface area (Å²) in [5, 5.41) is 0. The Morgan fingerprint density at radius 1 is 1.06 bits per heavy atom. The molecule has 0 bridgehead atoms. The fourth-order valence-corrected chi connectivity index (χ4v) is 2.11. The summed E-state index contributed by atoms with van der Waals surface area (Å²) in [5.41, 5.74) is -0.359. The maximum atomic E-state index is 11.6. The van der Waals surface area contributed by atoms with Crippen molar-refractivity contribution in [2.24, 2.45) is 17.8 Å². The summed E-state index contributed by atoms with van der Waals surface area (Å²) in [5.74, 6) is 1.79. The molecule has 96 valence electrons. The SMILES string of the molecule is CC(C)C(CCC(=O)OC(C)(C)C)C(C)C. The molecule has 0 amide bonds. The van der Waals surface area contributed by atoms with E-state index in [0.717, 1.165) is 6.42 Å². The van der Waals surface area contributed by atoms with Gasteiger partial charge in [0.05, 0.1) is 0 Å². The first-order valence-electron chi connectivity index (χ1n) is 6.35. The van der Waals surface area contributed by atoms with E-state index >= 15 is 0 Å². The van der Waals surface area contributed by atoms with Crippen LogP contribution in [0.4, 0.5) is 0 Å². The quantitative estimate of drug-likeness (QED) is 0.664. The third-order valence-electron chi connectivity index (χ3n) is 2.81. The summed E-state index contributed by atoms with van der Waals surface area (Å²) >= 11 is 0. The second-order valence-electron chi connectivity index (χ2n) is 6.28. The van der Waals surface area contributed by atoms with Crippen LogP contribution in [0.25, 0.3) is 0 Å². The first kappa shape index (κ1) is 15.5. The Labute approximate surface area is 101 Å². The molecule has 0 rings (SSSR count). The zero-order valence-corrected chi connectivity index (χ0v) is 12.0. The van der Waals surface area contributed by atoms with E-state index in [9.17, 15) is 4.79 Å². The zero-order valence-electron chi connectivity index (χ0n) is 12.0. The summed E-state index contributed by atoms with van der Waals surface area (Å²) in [6, 6.07) is 0. The van der Waals surface area contributed by atoms with Crippen LogP contribution in [0.1, 0.15) is 61.3 Å². The third-order valence-corrected chi connectivity index (χ3v) is 2.81. The minimum absolute atomic E-state index is 0.0706. The van der Waals surface area contributed by atoms with Gasteiger partial charge in [-0.2, -0.15) is 0 Å². The Balaban J connectivity index is 4.07. The van der Waals surface area contributed by atoms with Gasteiger partial charge in [-0.05, 0) is 44.9 Å². The van der Waals surface area contributed by atoms with Crippen LogP contribution in [-0.4, -0.2) is 11.6 Å². The highest BCUT2D eigenvalue weighted by Gasteiger charge is 2.21. The molecule has 0 N–H and O–H groups in total. The van der Waals surface area contributed by atoms with E-state index in [1.165, 1.54) is 0 Å². The molecule has 0 heterocycles. The van der Waals surface area contributed by atoms with Crippen LogP contribution < -0.4 is 0 Å². The van der Waals surface area contributed by atoms with Crippen molar-refractivity contribution in [2.75, 3.05) is 0 Å². The van der Waals surface area contributed by atoms with Crippen molar-refractivity contribution in [1.82, 2.24) is 0 Å². The number of hydrogen-bond donors (Lipinski definition) is 0. The summed E-state index contributed by atoms with van der Waals surface area (Å²) in [4.78, 5) is 11.6. The average Bonchev–Trinajstić information content (AvgIpc) is 1.98. The molecule has 0 atom stereocenters. The largest absolute Gasteiger partial charge is 0.460 e. The van der Waals surface area contributed by atoms with Crippen molar-refractivity contribution in [3.8, 4) is 0 Å². The van der Waals surface area contributed by atoms with E-state index in [0.29, 0.717) is 24.2 Å². The highest BCUT2D eigenvalue weighted by molar-refractivity contribution is 5.69. The lowest BCUT2D eigenvalue weighted by atomic mass is 9.82. The van der Waals surface area contributed by atoms with Crippen LogP contribution in [-0.2, 0) is 9.53 Å². The van der Waals surface area contributed by atoms with Crippen molar-refractivity contribution in [3.63, 3.8) is 0 Å². The summed E-state index contributed by atoms with van der Waals surface area (Å²) in [6.07, 6.45) is 1.47. The van der Waals surface area contributed by atoms with Crippen LogP contribution in [0.3, 0.4) is 0 Å². The highest BCUT2D eigenvalue weighted by atomic mass is 16.6. The van der Waals surface area contributed by atoms with Gasteiger partial charge in [-0.25, -0.2) is 0 Å². The van der Waals surface area contributed by atoms with Crippen molar-refractivity contribution in [2.45, 2.75) is 66.9 Å². The summed E-state index contributed by atoms with van der Waals surface area (Å²) in [7, 11) is 0. The van der Waals surface area contributed by atoms with Crippen molar-refractivity contribution in [3.05, 3.63) is 0 Å². The molecule has 0 radical (unpaired) electrons. The molecule has 0 spiro atoms. The maximum absolute atomic E-state index is 11.6. The Kier molecular flexibility index (Phi) is 6.06. The number of carbonyl (C=O) groups excluding carboxylic acids is 1. The number of carbonyl (C=O) groups is 1. The summed E-state index contributed by atoms with van der Waals surface area (Å²) in [6.45, 7) is 14.6. The lowest BCUT2D eigenvalue weighted by Crippen LogP contribution is -2.25. The monoisotopic (exact) mass is 228 g/mol. The van der Waals surface area contributed by atoms with Gasteiger partial charge in [-0.3, -0.25) is 4.79 Å². The first-order valence-corrected chi connectivity index (χ1v) is 6.35. The van der Waals surface area contributed by atoms with Crippen molar-refractivity contribution in [1.29, 1.82) is 0 Å². The molecule has 0 fully saturated rings. The van der Waals surface area contributed by atoms with E-state index in [2.05, 4.69) is 27.7 Å². The minimum atomic E-state index is -0.359. The van der Waals surface area contributed by atoms with Gasteiger partial charge < -0.3 is 4.74 Å². The lowest BCUT2D eigenvalue weighted by Gasteiger charge is -2.25. The van der Waals surface area contributed by atoms with Crippen LogP contribution >= 0.6 is 0 Å². The maximum Gasteiger partial charge on any atom is 0.306 e. The molecule has 0 saturated carbocycles. The standard InChI is InChI=1S/C14H28O2/c1-10(2)12(11(3)4)8-9-13(15)16-14(5,6)7/h10-12H,8-9H2,1-7H3. The van der Waals surface area contributed by atoms with Crippen LogP contribution in [0.15, 0.2) is 0 Å². The van der Waals surface area contributed by atoms with Crippen LogP contribution in [0, 0.1) is 17.8 Å². The molecule has 0 aromatic heterocycles. The molecule has 0 aliphatic carbocycles. The number of esters is 1. The van der Waals surface area contributed by atoms with Gasteiger partial charge in [0.1, 0.15) is 5.60 Å². The van der Waals surface area contributed by atoms with E-state index in [1.54, 1.807) is 0 Å². The Bertz CT molecular complexity index is 203. The van der Waals surface area contributed by atoms with Crippen LogP contribution in [0.5, 0.6) is 0 Å². The van der Waals surface area contributed by atoms with Gasteiger partial charge in [0.2, 0.25) is 0 Å². The summed E-state index contributed by atoms with van der Waals surface area (Å²) < 4.78 is 5.31. The van der Waals surface area contributed by atoms with Gasteiger partial charge in [-0.1, -0.05) is 27.7 Å². The molecule has 0 aliphatic heterocycles. The van der Waals surface area contributed by atoms with Crippen LogP contribution in [0.2, 0.25) is 0 Å². The Hall–Kier alpha value is -0.530. The first-order chi connectivity index (χ1) is 7.13.